The van der Waals surface area contributed by atoms with Crippen molar-refractivity contribution in [1.29, 1.82) is 0 Å². The fourth-order valence-corrected chi connectivity index (χ4v) is 0.423. The van der Waals surface area contributed by atoms with Crippen molar-refractivity contribution < 1.29 is 81.4 Å². The molecule has 17 heavy (non-hydrogen) atoms. The zero-order valence-electron chi connectivity index (χ0n) is 8.71. The van der Waals surface area contributed by atoms with Crippen molar-refractivity contribution in [3.05, 3.63) is 0 Å². The number of hydrogen-bond donors (Lipinski definition) is 3. The summed E-state index contributed by atoms with van der Waals surface area (Å²) in [4.78, 5) is 38.4. The van der Waals surface area contributed by atoms with Crippen molar-refractivity contribution in [2.75, 3.05) is 0 Å². The molecule has 0 aromatic rings. The molecule has 96 valence electrons. The molecule has 0 aliphatic heterocycles. The van der Waals surface area contributed by atoms with E-state index in [0.717, 1.165) is 0 Å². The molecule has 0 aliphatic rings. The molecule has 0 atom stereocenters. The summed E-state index contributed by atoms with van der Waals surface area (Å²) in [6.07, 6.45) is -1.36. The van der Waals surface area contributed by atoms with Crippen molar-refractivity contribution in [3.63, 3.8) is 0 Å². The van der Waals surface area contributed by atoms with Gasteiger partial charge in [-0.2, -0.15) is 0 Å². The molecule has 0 spiro atoms. The third-order valence-corrected chi connectivity index (χ3v) is 1.10. The summed E-state index contributed by atoms with van der Waals surface area (Å²) in [5.74, 6) is -4.60. The second-order valence-electron chi connectivity index (χ2n) is 2.55. The van der Waals surface area contributed by atoms with Gasteiger partial charge in [0, 0.05) is 47.7 Å². The number of rotatable bonds is 6. The minimum absolute atomic E-state index is 0. The van der Waals surface area contributed by atoms with Crippen LogP contribution in [0.15, 0.2) is 0 Å². The van der Waals surface area contributed by atoms with E-state index in [2.05, 4.69) is 0 Å². The second-order valence-corrected chi connectivity index (χ2v) is 2.55. The summed E-state index contributed by atoms with van der Waals surface area (Å²) in [6, 6.07) is 0. The molecule has 3 N–H and O–H groups in total. The van der Waals surface area contributed by atoms with E-state index in [1.54, 1.807) is 0 Å². The molecule has 0 rings (SSSR count). The number of carbonyl (C=O) groups is 4. The average Bonchev–Trinajstić information content (AvgIpc) is 2.12. The van der Waals surface area contributed by atoms with Gasteiger partial charge in [0.25, 0.3) is 0 Å². The molecular formula is C8H11CeO8-. The van der Waals surface area contributed by atoms with E-state index in [1.165, 1.54) is 0 Å². The quantitative estimate of drug-likeness (QED) is 0.509. The molecule has 0 aromatic carbocycles. The van der Waals surface area contributed by atoms with Crippen LogP contribution >= 0.6 is 0 Å². The molecular weight excluding hydrogens is 364 g/mol. The van der Waals surface area contributed by atoms with Crippen LogP contribution in [0.25, 0.3) is 0 Å². The van der Waals surface area contributed by atoms with Crippen LogP contribution in [0.3, 0.4) is 0 Å². The maximum atomic E-state index is 9.64. The first kappa shape index (κ1) is 21.5. The molecule has 0 heterocycles. The van der Waals surface area contributed by atoms with E-state index in [9.17, 15) is 24.3 Å². The first-order chi connectivity index (χ1) is 7.25. The van der Waals surface area contributed by atoms with Gasteiger partial charge in [-0.05, 0) is 6.42 Å². The molecule has 0 fully saturated rings. The van der Waals surface area contributed by atoms with Crippen molar-refractivity contribution in [2.24, 2.45) is 0 Å². The number of aliphatic carboxylic acids is 4. The van der Waals surface area contributed by atoms with Gasteiger partial charge in [-0.3, -0.25) is 14.4 Å². The Morgan fingerprint density at radius 3 is 1.06 bits per heavy atom. The van der Waals surface area contributed by atoms with Crippen LogP contribution < -0.4 is 5.11 Å². The van der Waals surface area contributed by atoms with E-state index < -0.39 is 30.3 Å². The molecule has 8 nitrogen and oxygen atoms in total. The summed E-state index contributed by atoms with van der Waals surface area (Å²) in [7, 11) is 0. The first-order valence-corrected chi connectivity index (χ1v) is 4.11. The average molecular weight is 375 g/mol. The van der Waals surface area contributed by atoms with Crippen LogP contribution in [0.4, 0.5) is 0 Å². The van der Waals surface area contributed by atoms with Crippen LogP contribution in [-0.4, -0.2) is 39.2 Å². The van der Waals surface area contributed by atoms with Gasteiger partial charge in [-0.25, -0.2) is 0 Å². The third kappa shape index (κ3) is 31.3. The van der Waals surface area contributed by atoms with Gasteiger partial charge in [0.2, 0.25) is 0 Å². The van der Waals surface area contributed by atoms with E-state index in [0.29, 0.717) is 0 Å². The zero-order valence-corrected chi connectivity index (χ0v) is 11.9. The Hall–Kier alpha value is -0.743. The van der Waals surface area contributed by atoms with Gasteiger partial charge < -0.3 is 25.2 Å². The summed E-state index contributed by atoms with van der Waals surface area (Å²) in [6.45, 7) is 0. The maximum Gasteiger partial charge on any atom is 0.303 e. The van der Waals surface area contributed by atoms with Gasteiger partial charge >= 0.3 is 17.9 Å². The molecule has 0 aromatic heterocycles. The van der Waals surface area contributed by atoms with Crippen LogP contribution in [0.1, 0.15) is 25.7 Å². The predicted molar refractivity (Wildman–Crippen MR) is 46.4 cm³/mol. The van der Waals surface area contributed by atoms with Crippen LogP contribution in [0.5, 0.6) is 0 Å². The van der Waals surface area contributed by atoms with Crippen molar-refractivity contribution in [2.45, 2.75) is 25.7 Å². The zero-order chi connectivity index (χ0) is 13.1. The topological polar surface area (TPSA) is 152 Å². The molecule has 0 bridgehead atoms. The molecule has 0 saturated carbocycles. The SMILES string of the molecule is O=C(O)CCC(=O)O.O=C([O-])CCC(=O)O.[Ce]. The monoisotopic (exact) mass is 375 g/mol. The smallest absolute Gasteiger partial charge is 0.303 e. The van der Waals surface area contributed by atoms with Gasteiger partial charge in [0.05, 0.1) is 19.3 Å². The van der Waals surface area contributed by atoms with E-state index >= 15 is 0 Å². The van der Waals surface area contributed by atoms with Gasteiger partial charge in [-0.1, -0.05) is 0 Å². The summed E-state index contributed by atoms with van der Waals surface area (Å²) >= 11 is 0. The Labute approximate surface area is 130 Å². The minimum atomic E-state index is -1.33. The number of carboxylic acids is 4. The number of carboxylic acid groups (broad SMARTS) is 4. The van der Waals surface area contributed by atoms with Crippen LogP contribution in [0.2, 0.25) is 0 Å². The normalized spacial score (nSPS) is 8.00. The Morgan fingerprint density at radius 2 is 0.941 bits per heavy atom. The predicted octanol–water partition coefficient (Wildman–Crippen LogP) is -1.46. The van der Waals surface area contributed by atoms with Crippen molar-refractivity contribution in [1.82, 2.24) is 0 Å². The molecule has 9 heteroatoms. The fraction of sp³-hybridized carbons (Fsp3) is 0.500. The standard InChI is InChI=1S/2C4H6O4.Ce/c2*5-3(6)1-2-4(7)8;/h2*1-2H2,(H,5,6)(H,7,8);/p-1. The van der Waals surface area contributed by atoms with Crippen molar-refractivity contribution in [3.8, 4) is 0 Å². The largest absolute Gasteiger partial charge is 0.550 e. The van der Waals surface area contributed by atoms with Crippen LogP contribution in [-0.2, 0) is 19.2 Å². The van der Waals surface area contributed by atoms with E-state index in [1.807, 2.05) is 0 Å². The first-order valence-electron chi connectivity index (χ1n) is 4.11. The maximum absolute atomic E-state index is 9.64. The Kier molecular flexibility index (Phi) is 16.9. The molecule has 0 radical (unpaired) electrons. The van der Waals surface area contributed by atoms with E-state index in [-0.39, 0.29) is 61.0 Å². The minimum Gasteiger partial charge on any atom is -0.550 e. The van der Waals surface area contributed by atoms with E-state index in [4.69, 9.17) is 15.3 Å². The number of hydrogen-bond acceptors (Lipinski definition) is 5. The van der Waals surface area contributed by atoms with Gasteiger partial charge in [0.15, 0.2) is 0 Å². The van der Waals surface area contributed by atoms with Crippen LogP contribution in [0, 0.1) is 41.7 Å². The van der Waals surface area contributed by atoms with Gasteiger partial charge in [0.1, 0.15) is 0 Å². The number of carbonyl (C=O) groups excluding carboxylic acids is 1. The molecule has 0 saturated heterocycles. The summed E-state index contributed by atoms with van der Waals surface area (Å²) in [5.41, 5.74) is 0. The molecule has 0 amide bonds. The van der Waals surface area contributed by atoms with Crippen molar-refractivity contribution >= 4 is 23.9 Å². The third-order valence-electron chi connectivity index (χ3n) is 1.10. The fourth-order valence-electron chi connectivity index (χ4n) is 0.423. The Bertz CT molecular complexity index is 219. The van der Waals surface area contributed by atoms with Gasteiger partial charge in [-0.15, -0.1) is 0 Å². The molecule has 0 aliphatic carbocycles. The summed E-state index contributed by atoms with van der Waals surface area (Å²) < 4.78 is 0. The Morgan fingerprint density at radius 1 is 0.706 bits per heavy atom. The Balaban J connectivity index is -0.000000218. The summed E-state index contributed by atoms with van der Waals surface area (Å²) in [5, 5.41) is 33.2. The molecule has 0 unspecified atom stereocenters. The second kappa shape index (κ2) is 13.3.